The van der Waals surface area contributed by atoms with Crippen molar-refractivity contribution in [1.82, 2.24) is 9.88 Å². The van der Waals surface area contributed by atoms with Crippen LogP contribution in [-0.4, -0.2) is 42.0 Å². The zero-order valence-corrected chi connectivity index (χ0v) is 12.2. The second-order valence-corrected chi connectivity index (χ2v) is 6.50. The lowest BCUT2D eigenvalue weighted by Crippen LogP contribution is -2.49. The molecule has 5 heteroatoms. The molecule has 0 aromatic carbocycles. The molecule has 1 aromatic heterocycles. The van der Waals surface area contributed by atoms with Gasteiger partial charge in [0.15, 0.2) is 0 Å². The van der Waals surface area contributed by atoms with Crippen LogP contribution in [0.2, 0.25) is 0 Å². The van der Waals surface area contributed by atoms with E-state index < -0.39 is 0 Å². The predicted octanol–water partition coefficient (Wildman–Crippen LogP) is 1.36. The second-order valence-electron chi connectivity index (χ2n) is 6.50. The molecular weight excluding hydrogens is 252 g/mol. The van der Waals surface area contributed by atoms with E-state index in [-0.39, 0.29) is 11.3 Å². The summed E-state index contributed by atoms with van der Waals surface area (Å²) in [6, 6.07) is 3.81. The van der Waals surface area contributed by atoms with E-state index in [0.717, 1.165) is 38.3 Å². The maximum Gasteiger partial charge on any atom is 0.226 e. The lowest BCUT2D eigenvalue weighted by Gasteiger charge is -2.36. The van der Waals surface area contributed by atoms with Crippen LogP contribution in [0.15, 0.2) is 18.3 Å². The van der Waals surface area contributed by atoms with Gasteiger partial charge in [-0.15, -0.1) is 0 Å². The number of piperazine rings is 1. The number of aromatic nitrogens is 1. The molecule has 2 fully saturated rings. The number of nitrogens with two attached hydrogens (primary N) is 1. The average Bonchev–Trinajstić information content (AvgIpc) is 3.08. The maximum absolute atomic E-state index is 12.3. The van der Waals surface area contributed by atoms with Crippen LogP contribution < -0.4 is 10.6 Å². The lowest BCUT2D eigenvalue weighted by molar-refractivity contribution is -0.133. The van der Waals surface area contributed by atoms with Crippen LogP contribution in [0.3, 0.4) is 0 Å². The number of rotatable bonds is 2. The van der Waals surface area contributed by atoms with Gasteiger partial charge in [-0.25, -0.2) is 4.98 Å². The monoisotopic (exact) mass is 274 g/mol. The van der Waals surface area contributed by atoms with Gasteiger partial charge in [0.25, 0.3) is 0 Å². The summed E-state index contributed by atoms with van der Waals surface area (Å²) in [5.41, 5.74) is 6.90. The standard InChI is InChI=1S/C15H22N4O/c1-15(2)9-12(15)14(20)19-7-5-18(6-8-19)11-3-4-13(16)17-10-11/h3-4,10,12H,5-9H2,1-2H3,(H2,16,17). The van der Waals surface area contributed by atoms with Crippen LogP contribution in [0.1, 0.15) is 20.3 Å². The van der Waals surface area contributed by atoms with E-state index in [1.54, 1.807) is 6.20 Å². The van der Waals surface area contributed by atoms with Gasteiger partial charge < -0.3 is 15.5 Å². The first-order valence-corrected chi connectivity index (χ1v) is 7.23. The Morgan fingerprint density at radius 1 is 1.30 bits per heavy atom. The quantitative estimate of drug-likeness (QED) is 0.884. The highest BCUT2D eigenvalue weighted by atomic mass is 16.2. The molecule has 1 unspecified atom stereocenters. The number of nitrogen functional groups attached to an aromatic ring is 1. The Balaban J connectivity index is 1.57. The Labute approximate surface area is 119 Å². The van der Waals surface area contributed by atoms with Gasteiger partial charge in [-0.05, 0) is 24.0 Å². The van der Waals surface area contributed by atoms with E-state index in [9.17, 15) is 4.79 Å². The molecule has 1 aliphatic heterocycles. The molecule has 20 heavy (non-hydrogen) atoms. The number of anilines is 2. The van der Waals surface area contributed by atoms with E-state index in [4.69, 9.17) is 5.73 Å². The first-order chi connectivity index (χ1) is 9.47. The molecule has 0 radical (unpaired) electrons. The largest absolute Gasteiger partial charge is 0.384 e. The highest BCUT2D eigenvalue weighted by Gasteiger charge is 2.52. The fourth-order valence-corrected chi connectivity index (χ4v) is 2.88. The molecule has 1 atom stereocenters. The zero-order valence-electron chi connectivity index (χ0n) is 12.2. The minimum atomic E-state index is 0.217. The summed E-state index contributed by atoms with van der Waals surface area (Å²) in [7, 11) is 0. The van der Waals surface area contributed by atoms with Gasteiger partial charge >= 0.3 is 0 Å². The molecule has 5 nitrogen and oxygen atoms in total. The molecule has 1 amide bonds. The number of carbonyl (C=O) groups excluding carboxylic acids is 1. The van der Waals surface area contributed by atoms with Gasteiger partial charge in [-0.3, -0.25) is 4.79 Å². The van der Waals surface area contributed by atoms with Crippen molar-refractivity contribution in [2.24, 2.45) is 11.3 Å². The maximum atomic E-state index is 12.3. The summed E-state index contributed by atoms with van der Waals surface area (Å²) in [4.78, 5) is 20.7. The number of carbonyl (C=O) groups is 1. The fraction of sp³-hybridized carbons (Fsp3) is 0.600. The van der Waals surface area contributed by atoms with E-state index in [0.29, 0.717) is 11.7 Å². The van der Waals surface area contributed by atoms with Gasteiger partial charge in [0.2, 0.25) is 5.91 Å². The van der Waals surface area contributed by atoms with Gasteiger partial charge in [-0.1, -0.05) is 13.8 Å². The Bertz CT molecular complexity index is 503. The van der Waals surface area contributed by atoms with Crippen LogP contribution in [0, 0.1) is 11.3 Å². The summed E-state index contributed by atoms with van der Waals surface area (Å²) in [6.07, 6.45) is 2.84. The molecule has 3 rings (SSSR count). The van der Waals surface area contributed by atoms with Crippen molar-refractivity contribution in [1.29, 1.82) is 0 Å². The normalized spacial score (nSPS) is 24.6. The summed E-state index contributed by atoms with van der Waals surface area (Å²) in [5, 5.41) is 0. The SMILES string of the molecule is CC1(C)CC1C(=O)N1CCN(c2ccc(N)nc2)CC1. The van der Waals surface area contributed by atoms with Gasteiger partial charge in [-0.2, -0.15) is 0 Å². The van der Waals surface area contributed by atoms with Crippen molar-refractivity contribution in [3.05, 3.63) is 18.3 Å². The van der Waals surface area contributed by atoms with Gasteiger partial charge in [0.1, 0.15) is 5.82 Å². The highest BCUT2D eigenvalue weighted by Crippen LogP contribution is 2.52. The van der Waals surface area contributed by atoms with E-state index in [1.807, 2.05) is 17.0 Å². The number of hydrogen-bond donors (Lipinski definition) is 1. The van der Waals surface area contributed by atoms with Crippen molar-refractivity contribution in [3.63, 3.8) is 0 Å². The molecular formula is C15H22N4O. The Hall–Kier alpha value is -1.78. The third-order valence-electron chi connectivity index (χ3n) is 4.54. The molecule has 1 saturated heterocycles. The molecule has 1 saturated carbocycles. The highest BCUT2D eigenvalue weighted by molar-refractivity contribution is 5.82. The molecule has 1 aliphatic carbocycles. The van der Waals surface area contributed by atoms with Crippen LogP contribution in [-0.2, 0) is 4.79 Å². The molecule has 108 valence electrons. The van der Waals surface area contributed by atoms with Crippen LogP contribution in [0.25, 0.3) is 0 Å². The topological polar surface area (TPSA) is 62.5 Å². The van der Waals surface area contributed by atoms with Crippen molar-refractivity contribution >= 4 is 17.4 Å². The van der Waals surface area contributed by atoms with Crippen LogP contribution >= 0.6 is 0 Å². The third-order valence-corrected chi connectivity index (χ3v) is 4.54. The number of pyridine rings is 1. The van der Waals surface area contributed by atoms with Crippen molar-refractivity contribution in [2.45, 2.75) is 20.3 Å². The first-order valence-electron chi connectivity index (χ1n) is 7.23. The molecule has 2 N–H and O–H groups in total. The van der Waals surface area contributed by atoms with E-state index in [2.05, 4.69) is 23.7 Å². The first kappa shape index (κ1) is 13.2. The summed E-state index contributed by atoms with van der Waals surface area (Å²) >= 11 is 0. The van der Waals surface area contributed by atoms with Crippen molar-refractivity contribution in [3.8, 4) is 0 Å². The summed E-state index contributed by atoms with van der Waals surface area (Å²) in [5.74, 6) is 1.12. The fourth-order valence-electron chi connectivity index (χ4n) is 2.88. The predicted molar refractivity (Wildman–Crippen MR) is 79.3 cm³/mol. The van der Waals surface area contributed by atoms with Gasteiger partial charge in [0.05, 0.1) is 11.9 Å². The minimum absolute atomic E-state index is 0.217. The van der Waals surface area contributed by atoms with E-state index >= 15 is 0 Å². The molecule has 1 aromatic rings. The van der Waals surface area contributed by atoms with Crippen LogP contribution in [0.5, 0.6) is 0 Å². The zero-order chi connectivity index (χ0) is 14.3. The van der Waals surface area contributed by atoms with Gasteiger partial charge in [0, 0.05) is 32.1 Å². The molecule has 2 aliphatic rings. The Morgan fingerprint density at radius 2 is 1.95 bits per heavy atom. The van der Waals surface area contributed by atoms with Crippen LogP contribution in [0.4, 0.5) is 11.5 Å². The smallest absolute Gasteiger partial charge is 0.226 e. The van der Waals surface area contributed by atoms with Crippen molar-refractivity contribution in [2.75, 3.05) is 36.8 Å². The van der Waals surface area contributed by atoms with E-state index in [1.165, 1.54) is 0 Å². The third kappa shape index (κ3) is 2.44. The van der Waals surface area contributed by atoms with Crippen molar-refractivity contribution < 1.29 is 4.79 Å². The Kier molecular flexibility index (Phi) is 3.07. The molecule has 2 heterocycles. The molecule has 0 bridgehead atoms. The lowest BCUT2D eigenvalue weighted by atomic mass is 10.1. The number of nitrogens with zero attached hydrogens (tertiary/aromatic N) is 3. The molecule has 0 spiro atoms. The minimum Gasteiger partial charge on any atom is -0.384 e. The Morgan fingerprint density at radius 3 is 2.45 bits per heavy atom. The summed E-state index contributed by atoms with van der Waals surface area (Å²) in [6.45, 7) is 7.68. The second kappa shape index (κ2) is 4.65. The average molecular weight is 274 g/mol. The number of hydrogen-bond acceptors (Lipinski definition) is 4. The summed E-state index contributed by atoms with van der Waals surface area (Å²) < 4.78 is 0. The number of amides is 1.